The van der Waals surface area contributed by atoms with Gasteiger partial charge >= 0.3 is 0 Å². The van der Waals surface area contributed by atoms with Crippen LogP contribution in [0.15, 0.2) is 11.6 Å². The van der Waals surface area contributed by atoms with Crippen molar-refractivity contribution in [2.24, 2.45) is 5.41 Å². The Balaban J connectivity index is 2.86. The molecule has 1 rings (SSSR count). The molecule has 1 aliphatic rings. The molecule has 0 spiro atoms. The summed E-state index contributed by atoms with van der Waals surface area (Å²) in [6.45, 7) is 8.39. The zero-order valence-corrected chi connectivity index (χ0v) is 7.94. The van der Waals surface area contributed by atoms with E-state index < -0.39 is 5.60 Å². The Hall–Kier alpha value is -0.300. The number of hydrogen-bond donors (Lipinski definition) is 1. The second kappa shape index (κ2) is 2.34. The van der Waals surface area contributed by atoms with Crippen LogP contribution in [0, 0.1) is 5.41 Å². The molecule has 1 nitrogen and oxygen atoms in total. The fourth-order valence-electron chi connectivity index (χ4n) is 2.42. The van der Waals surface area contributed by atoms with Crippen LogP contribution < -0.4 is 0 Å². The van der Waals surface area contributed by atoms with Gasteiger partial charge in [-0.1, -0.05) is 25.5 Å². The molecule has 0 saturated carbocycles. The van der Waals surface area contributed by atoms with Crippen molar-refractivity contribution < 1.29 is 5.11 Å². The molecule has 0 heterocycles. The summed E-state index contributed by atoms with van der Waals surface area (Å²) < 4.78 is 0. The van der Waals surface area contributed by atoms with Crippen molar-refractivity contribution in [3.05, 3.63) is 11.6 Å². The lowest BCUT2D eigenvalue weighted by Gasteiger charge is -2.37. The molecular weight excluding hydrogens is 136 g/mol. The second-order valence-corrected chi connectivity index (χ2v) is 4.87. The quantitative estimate of drug-likeness (QED) is 0.531. The van der Waals surface area contributed by atoms with E-state index in [-0.39, 0.29) is 5.41 Å². The Labute approximate surface area is 69.1 Å². The maximum absolute atomic E-state index is 9.80. The molecular formula is C10H18O. The smallest absolute Gasteiger partial charge is 0.0807 e. The average molecular weight is 154 g/mol. The molecule has 0 aromatic heterocycles. The molecule has 1 N–H and O–H groups in total. The Morgan fingerprint density at radius 1 is 1.36 bits per heavy atom. The fourth-order valence-corrected chi connectivity index (χ4v) is 2.42. The first-order valence-electron chi connectivity index (χ1n) is 4.22. The van der Waals surface area contributed by atoms with E-state index in [0.29, 0.717) is 0 Å². The third-order valence-corrected chi connectivity index (χ3v) is 2.15. The van der Waals surface area contributed by atoms with Crippen molar-refractivity contribution in [3.63, 3.8) is 0 Å². The number of rotatable bonds is 0. The summed E-state index contributed by atoms with van der Waals surface area (Å²) in [5, 5.41) is 9.80. The van der Waals surface area contributed by atoms with Gasteiger partial charge in [-0.05, 0) is 32.1 Å². The third-order valence-electron chi connectivity index (χ3n) is 2.15. The molecule has 11 heavy (non-hydrogen) atoms. The zero-order valence-electron chi connectivity index (χ0n) is 7.94. The van der Waals surface area contributed by atoms with Gasteiger partial charge in [0.2, 0.25) is 0 Å². The van der Waals surface area contributed by atoms with Crippen LogP contribution in [0.4, 0.5) is 0 Å². The average Bonchev–Trinajstić information content (AvgIpc) is 1.49. The van der Waals surface area contributed by atoms with E-state index in [1.54, 1.807) is 0 Å². The van der Waals surface area contributed by atoms with E-state index >= 15 is 0 Å². The Kier molecular flexibility index (Phi) is 1.87. The molecule has 0 radical (unpaired) electrons. The lowest BCUT2D eigenvalue weighted by atomic mass is 9.72. The second-order valence-electron chi connectivity index (χ2n) is 4.87. The lowest BCUT2D eigenvalue weighted by molar-refractivity contribution is 0.0479. The molecule has 1 atom stereocenters. The zero-order chi connectivity index (χ0) is 8.70. The highest BCUT2D eigenvalue weighted by atomic mass is 16.3. The Bertz CT molecular complexity index is 187. The summed E-state index contributed by atoms with van der Waals surface area (Å²) in [7, 11) is 0. The van der Waals surface area contributed by atoms with Gasteiger partial charge in [-0.3, -0.25) is 0 Å². The molecule has 1 unspecified atom stereocenters. The van der Waals surface area contributed by atoms with Crippen LogP contribution in [0.5, 0.6) is 0 Å². The number of allylic oxidation sites excluding steroid dienone is 1. The molecule has 0 bridgehead atoms. The van der Waals surface area contributed by atoms with E-state index in [2.05, 4.69) is 20.8 Å². The van der Waals surface area contributed by atoms with Crippen molar-refractivity contribution in [1.82, 2.24) is 0 Å². The van der Waals surface area contributed by atoms with Gasteiger partial charge in [-0.15, -0.1) is 0 Å². The van der Waals surface area contributed by atoms with Gasteiger partial charge in [0.1, 0.15) is 0 Å². The fraction of sp³-hybridized carbons (Fsp3) is 0.800. The van der Waals surface area contributed by atoms with Crippen LogP contribution in [0.2, 0.25) is 0 Å². The number of hydrogen-bond acceptors (Lipinski definition) is 1. The van der Waals surface area contributed by atoms with Gasteiger partial charge in [0.15, 0.2) is 0 Å². The van der Waals surface area contributed by atoms with E-state index in [9.17, 15) is 5.11 Å². The van der Waals surface area contributed by atoms with Gasteiger partial charge in [0, 0.05) is 0 Å². The van der Waals surface area contributed by atoms with Gasteiger partial charge in [-0.2, -0.15) is 0 Å². The summed E-state index contributed by atoms with van der Waals surface area (Å²) in [5.74, 6) is 0. The van der Waals surface area contributed by atoms with Crippen molar-refractivity contribution in [3.8, 4) is 0 Å². The van der Waals surface area contributed by atoms with E-state index in [1.807, 2.05) is 13.0 Å². The van der Waals surface area contributed by atoms with Gasteiger partial charge in [0.05, 0.1) is 5.60 Å². The lowest BCUT2D eigenvalue weighted by Crippen LogP contribution is -2.33. The largest absolute Gasteiger partial charge is 0.386 e. The monoisotopic (exact) mass is 154 g/mol. The first-order chi connectivity index (χ1) is 4.81. The topological polar surface area (TPSA) is 20.2 Å². The van der Waals surface area contributed by atoms with Crippen molar-refractivity contribution in [2.75, 3.05) is 0 Å². The van der Waals surface area contributed by atoms with Crippen LogP contribution in [-0.4, -0.2) is 10.7 Å². The van der Waals surface area contributed by atoms with E-state index in [1.165, 1.54) is 5.57 Å². The van der Waals surface area contributed by atoms with Crippen LogP contribution in [-0.2, 0) is 0 Å². The molecule has 0 amide bonds. The van der Waals surface area contributed by atoms with Crippen molar-refractivity contribution in [1.29, 1.82) is 0 Å². The van der Waals surface area contributed by atoms with Gasteiger partial charge in [0.25, 0.3) is 0 Å². The number of aliphatic hydroxyl groups is 1. The first kappa shape index (κ1) is 8.79. The minimum Gasteiger partial charge on any atom is -0.386 e. The van der Waals surface area contributed by atoms with Gasteiger partial charge < -0.3 is 5.11 Å². The third kappa shape index (κ3) is 2.33. The normalized spacial score (nSPS) is 36.6. The molecule has 0 fully saturated rings. The van der Waals surface area contributed by atoms with Crippen LogP contribution in [0.25, 0.3) is 0 Å². The first-order valence-corrected chi connectivity index (χ1v) is 4.22. The molecule has 0 saturated heterocycles. The van der Waals surface area contributed by atoms with Gasteiger partial charge in [-0.25, -0.2) is 0 Å². The molecule has 1 heteroatoms. The molecule has 1 aliphatic carbocycles. The molecule has 0 aromatic rings. The maximum Gasteiger partial charge on any atom is 0.0807 e. The Morgan fingerprint density at radius 3 is 2.27 bits per heavy atom. The van der Waals surface area contributed by atoms with E-state index in [0.717, 1.165) is 12.8 Å². The summed E-state index contributed by atoms with van der Waals surface area (Å²) >= 11 is 0. The minimum absolute atomic E-state index is 0.266. The van der Waals surface area contributed by atoms with E-state index in [4.69, 9.17) is 0 Å². The summed E-state index contributed by atoms with van der Waals surface area (Å²) in [4.78, 5) is 0. The predicted octanol–water partition coefficient (Wildman–Crippen LogP) is 2.50. The maximum atomic E-state index is 9.80. The SMILES string of the molecule is CC1=CC(C)(O)CC(C)(C)C1. The van der Waals surface area contributed by atoms with Crippen LogP contribution in [0.1, 0.15) is 40.5 Å². The van der Waals surface area contributed by atoms with Crippen molar-refractivity contribution >= 4 is 0 Å². The van der Waals surface area contributed by atoms with Crippen LogP contribution in [0.3, 0.4) is 0 Å². The minimum atomic E-state index is -0.578. The van der Waals surface area contributed by atoms with Crippen molar-refractivity contribution in [2.45, 2.75) is 46.1 Å². The summed E-state index contributed by atoms with van der Waals surface area (Å²) in [6, 6.07) is 0. The molecule has 0 aliphatic heterocycles. The Morgan fingerprint density at radius 2 is 1.91 bits per heavy atom. The molecule has 0 aromatic carbocycles. The predicted molar refractivity (Wildman–Crippen MR) is 47.4 cm³/mol. The molecule has 64 valence electrons. The highest BCUT2D eigenvalue weighted by Gasteiger charge is 2.33. The summed E-state index contributed by atoms with van der Waals surface area (Å²) in [6.07, 6.45) is 3.97. The standard InChI is InChI=1S/C10H18O/c1-8-5-9(2,3)7-10(4,11)6-8/h6,11H,5,7H2,1-4H3. The summed E-state index contributed by atoms with van der Waals surface area (Å²) in [5.41, 5.74) is 1.00. The highest BCUT2D eigenvalue weighted by molar-refractivity contribution is 5.15. The van der Waals surface area contributed by atoms with Crippen LogP contribution >= 0.6 is 0 Å². The highest BCUT2D eigenvalue weighted by Crippen LogP contribution is 2.39.